The molecule has 2 aromatic heterocycles. The first kappa shape index (κ1) is 23.9. The predicted molar refractivity (Wildman–Crippen MR) is 133 cm³/mol. The van der Waals surface area contributed by atoms with E-state index >= 15 is 0 Å². The van der Waals surface area contributed by atoms with Gasteiger partial charge in [-0.15, -0.1) is 5.10 Å². The van der Waals surface area contributed by atoms with E-state index in [9.17, 15) is 19.8 Å². The van der Waals surface area contributed by atoms with Crippen molar-refractivity contribution in [3.63, 3.8) is 0 Å². The third-order valence-corrected chi connectivity index (χ3v) is 6.34. The molecule has 10 nitrogen and oxygen atoms in total. The average molecular weight is 490 g/mol. The van der Waals surface area contributed by atoms with Gasteiger partial charge in [-0.2, -0.15) is 9.50 Å². The molecule has 0 bridgehead atoms. The lowest BCUT2D eigenvalue weighted by molar-refractivity contribution is -0.122. The van der Waals surface area contributed by atoms with Gasteiger partial charge < -0.3 is 24.8 Å². The summed E-state index contributed by atoms with van der Waals surface area (Å²) in [6.07, 6.45) is -1.73. The molecule has 186 valence electrons. The van der Waals surface area contributed by atoms with Crippen molar-refractivity contribution in [2.45, 2.75) is 45.1 Å². The fourth-order valence-corrected chi connectivity index (χ4v) is 4.25. The minimum Gasteiger partial charge on any atom is -0.390 e. The van der Waals surface area contributed by atoms with Crippen LogP contribution in [0.25, 0.3) is 17.2 Å². The van der Waals surface area contributed by atoms with Crippen LogP contribution in [0, 0.1) is 13.8 Å². The van der Waals surface area contributed by atoms with Crippen molar-refractivity contribution >= 4 is 17.4 Å². The van der Waals surface area contributed by atoms with Crippen LogP contribution in [0.15, 0.2) is 59.4 Å². The van der Waals surface area contributed by atoms with Crippen LogP contribution in [0.2, 0.25) is 0 Å². The lowest BCUT2D eigenvalue weighted by Crippen LogP contribution is -2.37. The van der Waals surface area contributed by atoms with Crippen LogP contribution in [-0.2, 0) is 16.1 Å². The van der Waals surface area contributed by atoms with Gasteiger partial charge in [-0.3, -0.25) is 9.59 Å². The van der Waals surface area contributed by atoms with E-state index in [1.807, 2.05) is 55.5 Å². The molecule has 0 aliphatic carbocycles. The van der Waals surface area contributed by atoms with E-state index in [0.29, 0.717) is 29.2 Å². The van der Waals surface area contributed by atoms with Crippen LogP contribution in [-0.4, -0.2) is 54.1 Å². The Labute approximate surface area is 206 Å². The summed E-state index contributed by atoms with van der Waals surface area (Å²) in [5, 5.41) is 26.9. The number of benzene rings is 2. The topological polar surface area (TPSA) is 131 Å². The Morgan fingerprint density at radius 1 is 1.08 bits per heavy atom. The predicted octanol–water partition coefficient (Wildman–Crippen LogP) is 2.00. The van der Waals surface area contributed by atoms with E-state index in [1.54, 1.807) is 11.5 Å². The Hall–Kier alpha value is -3.86. The second-order valence-corrected chi connectivity index (χ2v) is 9.09. The molecule has 3 unspecified atom stereocenters. The molecule has 3 N–H and O–H groups in total. The first-order valence-electron chi connectivity index (χ1n) is 11.7. The molecule has 1 fully saturated rings. The molecular weight excluding hydrogens is 462 g/mol. The zero-order valence-electron chi connectivity index (χ0n) is 20.0. The van der Waals surface area contributed by atoms with Crippen molar-refractivity contribution < 1.29 is 19.7 Å². The number of carbonyl (C=O) groups is 1. The van der Waals surface area contributed by atoms with E-state index in [1.165, 1.54) is 10.6 Å². The van der Waals surface area contributed by atoms with Crippen LogP contribution < -0.4 is 10.9 Å². The molecule has 0 spiro atoms. The molecule has 5 rings (SSSR count). The normalized spacial score (nSPS) is 19.9. The second-order valence-electron chi connectivity index (χ2n) is 9.09. The van der Waals surface area contributed by atoms with Gasteiger partial charge in [-0.05, 0) is 31.5 Å². The highest BCUT2D eigenvalue weighted by molar-refractivity contribution is 5.90. The third-order valence-electron chi connectivity index (χ3n) is 6.34. The molecular formula is C26H27N5O5. The van der Waals surface area contributed by atoms with Crippen LogP contribution >= 0.6 is 0 Å². The Kier molecular flexibility index (Phi) is 6.40. The number of anilines is 1. The number of rotatable bonds is 5. The van der Waals surface area contributed by atoms with Gasteiger partial charge >= 0.3 is 0 Å². The average Bonchev–Trinajstić information content (AvgIpc) is 3.31. The molecule has 0 saturated carbocycles. The molecule has 1 aliphatic heterocycles. The minimum atomic E-state index is -0.877. The Balaban J connectivity index is 1.40. The van der Waals surface area contributed by atoms with Crippen molar-refractivity contribution in [3.8, 4) is 11.4 Å². The summed E-state index contributed by atoms with van der Waals surface area (Å²) >= 11 is 0. The molecule has 1 amide bonds. The lowest BCUT2D eigenvalue weighted by Gasteiger charge is -2.30. The number of nitrogens with one attached hydrogen (secondary N) is 1. The maximum absolute atomic E-state index is 12.7. The number of aromatic nitrogens is 4. The molecule has 10 heteroatoms. The van der Waals surface area contributed by atoms with E-state index in [4.69, 9.17) is 4.74 Å². The quantitative estimate of drug-likeness (QED) is 0.391. The maximum Gasteiger partial charge on any atom is 0.275 e. The van der Waals surface area contributed by atoms with Gasteiger partial charge in [-0.1, -0.05) is 42.0 Å². The van der Waals surface area contributed by atoms with Gasteiger partial charge in [-0.25, -0.2) is 0 Å². The Morgan fingerprint density at radius 2 is 1.81 bits per heavy atom. The first-order valence-corrected chi connectivity index (χ1v) is 11.7. The largest absolute Gasteiger partial charge is 0.390 e. The summed E-state index contributed by atoms with van der Waals surface area (Å²) in [4.78, 5) is 29.9. The van der Waals surface area contributed by atoms with E-state index in [-0.39, 0.29) is 36.5 Å². The Morgan fingerprint density at radius 3 is 2.50 bits per heavy atom. The second kappa shape index (κ2) is 9.65. The van der Waals surface area contributed by atoms with Crippen molar-refractivity contribution in [1.82, 2.24) is 19.2 Å². The van der Waals surface area contributed by atoms with Crippen LogP contribution in [0.1, 0.15) is 29.3 Å². The van der Waals surface area contributed by atoms with E-state index in [2.05, 4.69) is 15.4 Å². The summed E-state index contributed by atoms with van der Waals surface area (Å²) in [6, 6.07) is 16.3. The van der Waals surface area contributed by atoms with Gasteiger partial charge in [0.2, 0.25) is 11.7 Å². The van der Waals surface area contributed by atoms with Crippen molar-refractivity contribution in [2.75, 3.05) is 11.9 Å². The Bertz CT molecular complexity index is 1460. The summed E-state index contributed by atoms with van der Waals surface area (Å²) in [7, 11) is 0. The van der Waals surface area contributed by atoms with E-state index in [0.717, 1.165) is 11.1 Å². The number of aliphatic hydroxyl groups excluding tert-OH is 2. The van der Waals surface area contributed by atoms with Gasteiger partial charge in [0.25, 0.3) is 5.56 Å². The highest BCUT2D eigenvalue weighted by Crippen LogP contribution is 2.29. The summed E-state index contributed by atoms with van der Waals surface area (Å²) < 4.78 is 8.49. The van der Waals surface area contributed by atoms with Gasteiger partial charge in [0, 0.05) is 29.4 Å². The molecule has 3 atom stereocenters. The highest BCUT2D eigenvalue weighted by Gasteiger charge is 2.29. The lowest BCUT2D eigenvalue weighted by atomic mass is 9.97. The van der Waals surface area contributed by atoms with Crippen LogP contribution in [0.4, 0.5) is 5.69 Å². The number of carbonyl (C=O) groups excluding carboxylic acids is 1. The van der Waals surface area contributed by atoms with Crippen LogP contribution in [0.5, 0.6) is 0 Å². The van der Waals surface area contributed by atoms with Crippen molar-refractivity contribution in [1.29, 1.82) is 0 Å². The number of aliphatic hydroxyl groups is 2. The first-order chi connectivity index (χ1) is 17.3. The molecule has 4 aromatic rings. The molecule has 0 radical (unpaired) electrons. The zero-order chi connectivity index (χ0) is 25.4. The minimum absolute atomic E-state index is 0.0340. The van der Waals surface area contributed by atoms with E-state index < -0.39 is 12.2 Å². The molecule has 36 heavy (non-hydrogen) atoms. The number of fused-ring (bicyclic) bond motifs is 1. The fourth-order valence-electron chi connectivity index (χ4n) is 4.25. The summed E-state index contributed by atoms with van der Waals surface area (Å²) in [5.41, 5.74) is 3.58. The molecule has 2 aromatic carbocycles. The zero-order valence-corrected chi connectivity index (χ0v) is 20.0. The highest BCUT2D eigenvalue weighted by atomic mass is 16.5. The molecule has 3 heterocycles. The SMILES string of the molecule is Cc1ccc(NC(=O)Cn2c(C)cc(=O)n3nc(-c4ccc(C5CC(O)C(O)CO5)cc4)nc23)cc1. The molecule has 1 saturated heterocycles. The fraction of sp³-hybridized carbons (Fsp3) is 0.308. The maximum atomic E-state index is 12.7. The molecule has 1 aliphatic rings. The van der Waals surface area contributed by atoms with Gasteiger partial charge in [0.1, 0.15) is 12.6 Å². The number of ether oxygens (including phenoxy) is 1. The number of amides is 1. The smallest absolute Gasteiger partial charge is 0.275 e. The third kappa shape index (κ3) is 4.78. The number of hydrogen-bond donors (Lipinski definition) is 3. The van der Waals surface area contributed by atoms with Gasteiger partial charge in [0.15, 0.2) is 5.82 Å². The number of hydrogen-bond acceptors (Lipinski definition) is 7. The monoisotopic (exact) mass is 489 g/mol. The summed E-state index contributed by atoms with van der Waals surface area (Å²) in [5.74, 6) is 0.365. The van der Waals surface area contributed by atoms with Crippen molar-refractivity contribution in [3.05, 3.63) is 81.8 Å². The number of nitrogens with zero attached hydrogens (tertiary/aromatic N) is 4. The van der Waals surface area contributed by atoms with Crippen molar-refractivity contribution in [2.24, 2.45) is 0 Å². The van der Waals surface area contributed by atoms with Crippen LogP contribution in [0.3, 0.4) is 0 Å². The summed E-state index contributed by atoms with van der Waals surface area (Å²) in [6.45, 7) is 3.76. The van der Waals surface area contributed by atoms with Gasteiger partial charge in [0.05, 0.1) is 18.8 Å². The number of aryl methyl sites for hydroxylation is 2. The standard InChI is InChI=1S/C26H27N5O5/c1-15-3-9-19(10-4-15)27-23(34)13-30-16(2)11-24(35)31-26(30)28-25(29-31)18-7-5-17(6-8-18)22-12-20(32)21(33)14-36-22/h3-11,20-22,32-33H,12-14H2,1-2H3,(H,27,34).